The molecule has 0 aliphatic carbocycles. The van der Waals surface area contributed by atoms with E-state index in [-0.39, 0.29) is 18.0 Å². The molecule has 100 valence electrons. The third-order valence-corrected chi connectivity index (χ3v) is 2.67. The molecule has 4 N–H and O–H groups in total. The second kappa shape index (κ2) is 6.52. The molecule has 0 aliphatic rings. The van der Waals surface area contributed by atoms with E-state index in [9.17, 15) is 9.90 Å². The third kappa shape index (κ3) is 5.80. The van der Waals surface area contributed by atoms with Crippen LogP contribution in [0.4, 0.5) is 0 Å². The van der Waals surface area contributed by atoms with Gasteiger partial charge >= 0.3 is 0 Å². The number of aliphatic hydroxyl groups excluding tert-OH is 1. The van der Waals surface area contributed by atoms with Gasteiger partial charge in [0, 0.05) is 18.5 Å². The van der Waals surface area contributed by atoms with Crippen LogP contribution in [-0.2, 0) is 4.79 Å². The maximum absolute atomic E-state index is 11.5. The zero-order valence-electron chi connectivity index (χ0n) is 11.0. The number of nitrogens with two attached hydrogens (primary N) is 1. The topological polar surface area (TPSA) is 75.4 Å². The van der Waals surface area contributed by atoms with Crippen LogP contribution in [0.3, 0.4) is 0 Å². The van der Waals surface area contributed by atoms with E-state index < -0.39 is 6.10 Å². The molecule has 4 heteroatoms. The molecule has 0 spiro atoms. The van der Waals surface area contributed by atoms with Crippen LogP contribution in [-0.4, -0.2) is 23.1 Å². The Morgan fingerprint density at radius 1 is 1.39 bits per heavy atom. The third-order valence-electron chi connectivity index (χ3n) is 2.67. The number of carbonyl (C=O) groups is 1. The Kier molecular flexibility index (Phi) is 5.31. The van der Waals surface area contributed by atoms with Crippen molar-refractivity contribution in [1.82, 2.24) is 5.32 Å². The first-order valence-electron chi connectivity index (χ1n) is 6.17. The molecule has 0 heterocycles. The van der Waals surface area contributed by atoms with Gasteiger partial charge in [-0.25, -0.2) is 0 Å². The Morgan fingerprint density at radius 2 is 2.00 bits per heavy atom. The molecule has 1 rings (SSSR count). The van der Waals surface area contributed by atoms with Gasteiger partial charge in [-0.05, 0) is 25.8 Å². The van der Waals surface area contributed by atoms with Gasteiger partial charge in [0.2, 0.25) is 5.91 Å². The molecule has 4 nitrogen and oxygen atoms in total. The van der Waals surface area contributed by atoms with E-state index in [0.29, 0.717) is 12.8 Å². The molecule has 0 radical (unpaired) electrons. The van der Waals surface area contributed by atoms with Crippen LogP contribution in [0.1, 0.15) is 38.4 Å². The molecular weight excluding hydrogens is 228 g/mol. The van der Waals surface area contributed by atoms with E-state index in [2.05, 4.69) is 5.32 Å². The Labute approximate surface area is 108 Å². The Bertz CT molecular complexity index is 371. The molecule has 0 fully saturated rings. The van der Waals surface area contributed by atoms with Crippen molar-refractivity contribution >= 4 is 5.91 Å². The number of nitrogens with one attached hydrogen (secondary N) is 1. The summed E-state index contributed by atoms with van der Waals surface area (Å²) in [7, 11) is 0. The largest absolute Gasteiger partial charge is 0.387 e. The van der Waals surface area contributed by atoms with Crippen LogP contribution in [0, 0.1) is 0 Å². The molecule has 1 aromatic rings. The van der Waals surface area contributed by atoms with Crippen molar-refractivity contribution in [1.29, 1.82) is 0 Å². The van der Waals surface area contributed by atoms with Crippen molar-refractivity contribution in [3.05, 3.63) is 35.9 Å². The molecule has 0 bridgehead atoms. The molecule has 0 aromatic heterocycles. The van der Waals surface area contributed by atoms with E-state index in [4.69, 9.17) is 5.73 Å². The number of hydrogen-bond acceptors (Lipinski definition) is 3. The fraction of sp³-hybridized carbons (Fsp3) is 0.500. The SMILES string of the molecule is CC(C)(N)CCC(=O)NCC(O)c1ccccc1. The van der Waals surface area contributed by atoms with Crippen LogP contribution in [0.15, 0.2) is 30.3 Å². The predicted octanol–water partition coefficient (Wildman–Crippen LogP) is 1.35. The quantitative estimate of drug-likeness (QED) is 0.713. The molecule has 0 aliphatic heterocycles. The maximum Gasteiger partial charge on any atom is 0.220 e. The van der Waals surface area contributed by atoms with E-state index >= 15 is 0 Å². The lowest BCUT2D eigenvalue weighted by atomic mass is 10.00. The smallest absolute Gasteiger partial charge is 0.220 e. The lowest BCUT2D eigenvalue weighted by Gasteiger charge is -2.18. The average Bonchev–Trinajstić information content (AvgIpc) is 2.33. The van der Waals surface area contributed by atoms with Gasteiger partial charge in [0.1, 0.15) is 0 Å². The summed E-state index contributed by atoms with van der Waals surface area (Å²) < 4.78 is 0. The van der Waals surface area contributed by atoms with Crippen molar-refractivity contribution < 1.29 is 9.90 Å². The summed E-state index contributed by atoms with van der Waals surface area (Å²) in [4.78, 5) is 11.5. The molecule has 1 atom stereocenters. The van der Waals surface area contributed by atoms with Gasteiger partial charge in [0.15, 0.2) is 0 Å². The molecule has 0 saturated heterocycles. The number of amides is 1. The first-order chi connectivity index (χ1) is 8.38. The van der Waals surface area contributed by atoms with Gasteiger partial charge in [-0.1, -0.05) is 30.3 Å². The van der Waals surface area contributed by atoms with Crippen LogP contribution < -0.4 is 11.1 Å². The van der Waals surface area contributed by atoms with Crippen LogP contribution in [0.2, 0.25) is 0 Å². The van der Waals surface area contributed by atoms with Crippen molar-refractivity contribution in [3.8, 4) is 0 Å². The zero-order valence-corrected chi connectivity index (χ0v) is 11.0. The fourth-order valence-corrected chi connectivity index (χ4v) is 1.53. The highest BCUT2D eigenvalue weighted by Gasteiger charge is 2.14. The Balaban J connectivity index is 2.31. The molecule has 1 aromatic carbocycles. The summed E-state index contributed by atoms with van der Waals surface area (Å²) in [6, 6.07) is 9.27. The van der Waals surface area contributed by atoms with E-state index in [1.165, 1.54) is 0 Å². The minimum Gasteiger partial charge on any atom is -0.387 e. The van der Waals surface area contributed by atoms with Crippen molar-refractivity contribution in [3.63, 3.8) is 0 Å². The Morgan fingerprint density at radius 3 is 2.56 bits per heavy atom. The molecular formula is C14H22N2O2. The number of aliphatic hydroxyl groups is 1. The number of benzene rings is 1. The highest BCUT2D eigenvalue weighted by molar-refractivity contribution is 5.75. The first-order valence-corrected chi connectivity index (χ1v) is 6.17. The number of rotatable bonds is 6. The zero-order chi connectivity index (χ0) is 13.6. The monoisotopic (exact) mass is 250 g/mol. The van der Waals surface area contributed by atoms with Crippen LogP contribution in [0.25, 0.3) is 0 Å². The van der Waals surface area contributed by atoms with Gasteiger partial charge < -0.3 is 16.2 Å². The summed E-state index contributed by atoms with van der Waals surface area (Å²) in [6.45, 7) is 4.01. The molecule has 1 unspecified atom stereocenters. The van der Waals surface area contributed by atoms with Gasteiger partial charge in [-0.3, -0.25) is 4.79 Å². The summed E-state index contributed by atoms with van der Waals surface area (Å²) in [6.07, 6.45) is 0.340. The summed E-state index contributed by atoms with van der Waals surface area (Å²) in [5.41, 5.74) is 6.27. The number of hydrogen-bond donors (Lipinski definition) is 3. The van der Waals surface area contributed by atoms with E-state index in [1.54, 1.807) is 0 Å². The molecule has 18 heavy (non-hydrogen) atoms. The van der Waals surface area contributed by atoms with Gasteiger partial charge in [-0.15, -0.1) is 0 Å². The van der Waals surface area contributed by atoms with Crippen molar-refractivity contribution in [2.75, 3.05) is 6.54 Å². The highest BCUT2D eigenvalue weighted by atomic mass is 16.3. The van der Waals surface area contributed by atoms with E-state index in [1.807, 2.05) is 44.2 Å². The predicted molar refractivity (Wildman–Crippen MR) is 71.9 cm³/mol. The molecule has 0 saturated carbocycles. The summed E-state index contributed by atoms with van der Waals surface area (Å²) in [5.74, 6) is -0.0801. The van der Waals surface area contributed by atoms with Crippen LogP contribution in [0.5, 0.6) is 0 Å². The van der Waals surface area contributed by atoms with Gasteiger partial charge in [0.05, 0.1) is 6.10 Å². The normalized spacial score (nSPS) is 13.1. The lowest BCUT2D eigenvalue weighted by Crippen LogP contribution is -2.35. The number of carbonyl (C=O) groups excluding carboxylic acids is 1. The fourth-order valence-electron chi connectivity index (χ4n) is 1.53. The van der Waals surface area contributed by atoms with Crippen LogP contribution >= 0.6 is 0 Å². The molecule has 1 amide bonds. The second-order valence-electron chi connectivity index (χ2n) is 5.22. The summed E-state index contributed by atoms with van der Waals surface area (Å²) in [5, 5.41) is 12.6. The minimum atomic E-state index is -0.666. The Hall–Kier alpha value is -1.39. The summed E-state index contributed by atoms with van der Waals surface area (Å²) >= 11 is 0. The van der Waals surface area contributed by atoms with Crippen molar-refractivity contribution in [2.45, 2.75) is 38.3 Å². The standard InChI is InChI=1S/C14H22N2O2/c1-14(2,15)9-8-13(18)16-10-12(17)11-6-4-3-5-7-11/h3-7,12,17H,8-10,15H2,1-2H3,(H,16,18). The minimum absolute atomic E-state index is 0.0801. The van der Waals surface area contributed by atoms with Gasteiger partial charge in [-0.2, -0.15) is 0 Å². The lowest BCUT2D eigenvalue weighted by molar-refractivity contribution is -0.121. The van der Waals surface area contributed by atoms with Crippen molar-refractivity contribution in [2.24, 2.45) is 5.73 Å². The first kappa shape index (κ1) is 14.7. The maximum atomic E-state index is 11.5. The average molecular weight is 250 g/mol. The van der Waals surface area contributed by atoms with Gasteiger partial charge in [0.25, 0.3) is 0 Å². The second-order valence-corrected chi connectivity index (χ2v) is 5.22. The van der Waals surface area contributed by atoms with E-state index in [0.717, 1.165) is 5.56 Å². The highest BCUT2D eigenvalue weighted by Crippen LogP contribution is 2.11.